The molecule has 0 saturated heterocycles. The molecule has 0 bridgehead atoms. The van der Waals surface area contributed by atoms with Crippen LogP contribution in [0.1, 0.15) is 53.4 Å². The fraction of sp³-hybridized carbons (Fsp3) is 1.00. The van der Waals surface area contributed by atoms with Crippen LogP contribution in [0.4, 0.5) is 0 Å². The lowest BCUT2D eigenvalue weighted by atomic mass is 9.71. The molecule has 1 aliphatic rings. The molecule has 0 radical (unpaired) electrons. The highest BCUT2D eigenvalue weighted by Gasteiger charge is 2.32. The van der Waals surface area contributed by atoms with Crippen molar-refractivity contribution in [2.45, 2.75) is 58.9 Å². The lowest BCUT2D eigenvalue weighted by Gasteiger charge is -2.40. The molecule has 84 valence electrons. The van der Waals surface area contributed by atoms with Crippen molar-refractivity contribution in [1.29, 1.82) is 0 Å². The molecule has 0 unspecified atom stereocenters. The Balaban J connectivity index is 2.43. The summed E-state index contributed by atoms with van der Waals surface area (Å²) in [6, 6.07) is 0. The first kappa shape index (κ1) is 12.0. The van der Waals surface area contributed by atoms with E-state index in [0.29, 0.717) is 5.54 Å². The van der Waals surface area contributed by atoms with Crippen molar-refractivity contribution in [1.82, 2.24) is 5.32 Å². The van der Waals surface area contributed by atoms with Gasteiger partial charge in [-0.15, -0.1) is 0 Å². The van der Waals surface area contributed by atoms with Crippen LogP contribution in [0.2, 0.25) is 0 Å². The Labute approximate surface area is 89.7 Å². The molecule has 0 spiro atoms. The van der Waals surface area contributed by atoms with Gasteiger partial charge in [0.1, 0.15) is 0 Å². The second-order valence-electron chi connectivity index (χ2n) is 5.83. The fourth-order valence-corrected chi connectivity index (χ4v) is 2.71. The molecule has 1 nitrogen and oxygen atoms in total. The van der Waals surface area contributed by atoms with E-state index in [2.05, 4.69) is 40.1 Å². The van der Waals surface area contributed by atoms with Gasteiger partial charge < -0.3 is 5.32 Å². The smallest absolute Gasteiger partial charge is 0.0150 e. The van der Waals surface area contributed by atoms with Gasteiger partial charge in [-0.3, -0.25) is 0 Å². The zero-order valence-corrected chi connectivity index (χ0v) is 10.6. The van der Waals surface area contributed by atoms with Crippen molar-refractivity contribution in [2.75, 3.05) is 7.05 Å². The molecule has 1 rings (SSSR count). The van der Waals surface area contributed by atoms with Gasteiger partial charge in [0.05, 0.1) is 0 Å². The van der Waals surface area contributed by atoms with Gasteiger partial charge in [-0.25, -0.2) is 0 Å². The Bertz CT molecular complexity index is 164. The molecule has 0 aliphatic heterocycles. The highest BCUT2D eigenvalue weighted by Crippen LogP contribution is 2.37. The number of hydrogen-bond acceptors (Lipinski definition) is 1. The minimum absolute atomic E-state index is 0.335. The lowest BCUT2D eigenvalue weighted by Crippen LogP contribution is -2.45. The van der Waals surface area contributed by atoms with E-state index >= 15 is 0 Å². The van der Waals surface area contributed by atoms with Gasteiger partial charge in [-0.1, -0.05) is 13.8 Å². The van der Waals surface area contributed by atoms with E-state index in [1.165, 1.54) is 25.7 Å². The summed E-state index contributed by atoms with van der Waals surface area (Å²) in [5.74, 6) is 2.75. The summed E-state index contributed by atoms with van der Waals surface area (Å²) in [5.41, 5.74) is 0.335. The summed E-state index contributed by atoms with van der Waals surface area (Å²) in [5, 5.41) is 3.46. The van der Waals surface area contributed by atoms with Crippen LogP contribution in [0.5, 0.6) is 0 Å². The van der Waals surface area contributed by atoms with Crippen LogP contribution in [-0.2, 0) is 0 Å². The summed E-state index contributed by atoms with van der Waals surface area (Å²) in [6.45, 7) is 9.42. The van der Waals surface area contributed by atoms with E-state index in [0.717, 1.165) is 17.8 Å². The third-order valence-electron chi connectivity index (χ3n) is 4.38. The standard InChI is InChI=1S/C13H27N/c1-10(2)11-6-8-12(9-7-11)13(3,4)14-5/h10-12,14H,6-9H2,1-5H3. The predicted octanol–water partition coefficient (Wildman–Crippen LogP) is 3.45. The molecule has 0 heterocycles. The molecule has 0 aromatic carbocycles. The van der Waals surface area contributed by atoms with Crippen LogP contribution < -0.4 is 5.32 Å². The van der Waals surface area contributed by atoms with Crippen LogP contribution in [0.3, 0.4) is 0 Å². The average molecular weight is 197 g/mol. The van der Waals surface area contributed by atoms with Gasteiger partial charge in [0, 0.05) is 5.54 Å². The summed E-state index contributed by atoms with van der Waals surface area (Å²) in [7, 11) is 2.09. The van der Waals surface area contributed by atoms with E-state index in [1.54, 1.807) is 0 Å². The van der Waals surface area contributed by atoms with Crippen LogP contribution in [-0.4, -0.2) is 12.6 Å². The van der Waals surface area contributed by atoms with E-state index in [-0.39, 0.29) is 0 Å². The van der Waals surface area contributed by atoms with Crippen LogP contribution >= 0.6 is 0 Å². The van der Waals surface area contributed by atoms with Crippen molar-refractivity contribution in [3.63, 3.8) is 0 Å². The monoisotopic (exact) mass is 197 g/mol. The van der Waals surface area contributed by atoms with Gasteiger partial charge in [0.2, 0.25) is 0 Å². The van der Waals surface area contributed by atoms with Crippen LogP contribution in [0.15, 0.2) is 0 Å². The molecule has 1 saturated carbocycles. The van der Waals surface area contributed by atoms with Crippen molar-refractivity contribution in [2.24, 2.45) is 17.8 Å². The first-order chi connectivity index (χ1) is 6.47. The van der Waals surface area contributed by atoms with Crippen LogP contribution in [0, 0.1) is 17.8 Å². The lowest BCUT2D eigenvalue weighted by molar-refractivity contribution is 0.151. The maximum Gasteiger partial charge on any atom is 0.0150 e. The highest BCUT2D eigenvalue weighted by molar-refractivity contribution is 4.88. The zero-order valence-electron chi connectivity index (χ0n) is 10.6. The molecular weight excluding hydrogens is 170 g/mol. The van der Waals surface area contributed by atoms with Crippen molar-refractivity contribution in [3.05, 3.63) is 0 Å². The molecule has 14 heavy (non-hydrogen) atoms. The maximum atomic E-state index is 3.46. The second kappa shape index (κ2) is 4.65. The average Bonchev–Trinajstić information content (AvgIpc) is 2.18. The van der Waals surface area contributed by atoms with Gasteiger partial charge in [0.15, 0.2) is 0 Å². The summed E-state index contributed by atoms with van der Waals surface area (Å²) >= 11 is 0. The normalized spacial score (nSPS) is 29.6. The molecule has 1 N–H and O–H groups in total. The van der Waals surface area contributed by atoms with E-state index in [9.17, 15) is 0 Å². The zero-order chi connectivity index (χ0) is 10.8. The maximum absolute atomic E-state index is 3.46. The topological polar surface area (TPSA) is 12.0 Å². The fourth-order valence-electron chi connectivity index (χ4n) is 2.71. The Hall–Kier alpha value is -0.0400. The van der Waals surface area contributed by atoms with Crippen molar-refractivity contribution >= 4 is 0 Å². The molecule has 1 aliphatic carbocycles. The Kier molecular flexibility index (Phi) is 4.00. The SMILES string of the molecule is CNC(C)(C)C1CCC(C(C)C)CC1. The summed E-state index contributed by atoms with van der Waals surface area (Å²) in [6.07, 6.45) is 5.70. The van der Waals surface area contributed by atoms with E-state index < -0.39 is 0 Å². The highest BCUT2D eigenvalue weighted by atomic mass is 14.9. The van der Waals surface area contributed by atoms with Gasteiger partial charge in [0.25, 0.3) is 0 Å². The summed E-state index contributed by atoms with van der Waals surface area (Å²) < 4.78 is 0. The van der Waals surface area contributed by atoms with Gasteiger partial charge in [-0.05, 0) is 64.3 Å². The number of nitrogens with one attached hydrogen (secondary N) is 1. The van der Waals surface area contributed by atoms with E-state index in [1.807, 2.05) is 0 Å². The first-order valence-electron chi connectivity index (χ1n) is 6.16. The third-order valence-corrected chi connectivity index (χ3v) is 4.38. The predicted molar refractivity (Wildman–Crippen MR) is 63.4 cm³/mol. The quantitative estimate of drug-likeness (QED) is 0.731. The third kappa shape index (κ3) is 2.73. The van der Waals surface area contributed by atoms with Gasteiger partial charge >= 0.3 is 0 Å². The molecule has 0 aromatic rings. The first-order valence-corrected chi connectivity index (χ1v) is 6.16. The van der Waals surface area contributed by atoms with Crippen molar-refractivity contribution in [3.8, 4) is 0 Å². The number of rotatable bonds is 3. The molecule has 1 fully saturated rings. The van der Waals surface area contributed by atoms with E-state index in [4.69, 9.17) is 0 Å². The van der Waals surface area contributed by atoms with Crippen molar-refractivity contribution < 1.29 is 0 Å². The minimum atomic E-state index is 0.335. The molecular formula is C13H27N. The molecule has 1 heteroatoms. The second-order valence-corrected chi connectivity index (χ2v) is 5.83. The summed E-state index contributed by atoms with van der Waals surface area (Å²) in [4.78, 5) is 0. The Morgan fingerprint density at radius 3 is 1.93 bits per heavy atom. The Morgan fingerprint density at radius 2 is 1.57 bits per heavy atom. The molecule has 0 amide bonds. The minimum Gasteiger partial charge on any atom is -0.315 e. The molecule has 0 aromatic heterocycles. The molecule has 0 atom stereocenters. The largest absolute Gasteiger partial charge is 0.315 e. The van der Waals surface area contributed by atoms with Gasteiger partial charge in [-0.2, -0.15) is 0 Å². The Morgan fingerprint density at radius 1 is 1.07 bits per heavy atom. The van der Waals surface area contributed by atoms with Crippen LogP contribution in [0.25, 0.3) is 0 Å². The number of hydrogen-bond donors (Lipinski definition) is 1.